The van der Waals surface area contributed by atoms with E-state index in [9.17, 15) is 18.7 Å². The molecule has 11 heteroatoms. The Bertz CT molecular complexity index is 1570. The Balaban J connectivity index is 1.39. The number of nitrogens with zero attached hydrogens (tertiary/aromatic N) is 5. The number of rotatable bonds is 6. The average Bonchev–Trinajstić information content (AvgIpc) is 3.36. The lowest BCUT2D eigenvalue weighted by Gasteiger charge is -2.12. The number of hydrogen-bond acceptors (Lipinski definition) is 6. The van der Waals surface area contributed by atoms with Gasteiger partial charge in [-0.25, -0.2) is 4.68 Å². The molecule has 0 radical (unpaired) electrons. The van der Waals surface area contributed by atoms with Crippen molar-refractivity contribution < 1.29 is 18.7 Å². The zero-order valence-corrected chi connectivity index (χ0v) is 20.2. The molecule has 0 aliphatic carbocycles. The number of amides is 1. The summed E-state index contributed by atoms with van der Waals surface area (Å²) in [6.45, 7) is 0. The monoisotopic (exact) mass is 516 g/mol. The van der Waals surface area contributed by atoms with Crippen molar-refractivity contribution in [3.8, 4) is 34.0 Å². The zero-order chi connectivity index (χ0) is 26.0. The number of carbonyl (C=O) groups excluding carboxylic acids is 1. The van der Waals surface area contributed by atoms with Crippen molar-refractivity contribution in [2.24, 2.45) is 0 Å². The first-order chi connectivity index (χ1) is 17.8. The molecule has 0 fully saturated rings. The Labute approximate surface area is 212 Å². The first kappa shape index (κ1) is 24.1. The van der Waals surface area contributed by atoms with E-state index in [2.05, 4.69) is 25.6 Å². The van der Waals surface area contributed by atoms with Gasteiger partial charge in [0.05, 0.1) is 5.69 Å². The van der Waals surface area contributed by atoms with E-state index in [4.69, 9.17) is 0 Å². The summed E-state index contributed by atoms with van der Waals surface area (Å²) in [5.41, 5.74) is -1.21. The third-order valence-electron chi connectivity index (χ3n) is 5.46. The van der Waals surface area contributed by atoms with Gasteiger partial charge in [-0.2, -0.15) is 13.9 Å². The summed E-state index contributed by atoms with van der Waals surface area (Å²) in [4.78, 5) is 16.8. The number of phenolic OH excluding ortho intramolecular Hbond substituents is 1. The van der Waals surface area contributed by atoms with Crippen LogP contribution in [0.1, 0.15) is 16.1 Å². The van der Waals surface area contributed by atoms with E-state index >= 15 is 0 Å². The first-order valence-electron chi connectivity index (χ1n) is 11.0. The standard InChI is InChI=1S/C26H19F2N6O2P/c27-26(28,37)22-14-20(18-7-4-12-29-15-18)33-34(22)24-11-10-23(31-32-24)30-25(36)17-6-3-5-16(13-17)19-8-1-2-9-21(19)35/h1-15,35H,37H2,(H,30,31,36). The van der Waals surface area contributed by atoms with Gasteiger partial charge in [-0.05, 0) is 54.1 Å². The maximum atomic E-state index is 14.3. The predicted molar refractivity (Wildman–Crippen MR) is 137 cm³/mol. The SMILES string of the molecule is O=C(Nc1ccc(-n2nc(-c3cccnc3)cc2C(F)(F)P)nn1)c1cccc(-c2ccccc2O)c1. The molecule has 2 N–H and O–H groups in total. The lowest BCUT2D eigenvalue weighted by molar-refractivity contribution is 0.0954. The van der Waals surface area contributed by atoms with Crippen molar-refractivity contribution in [3.63, 3.8) is 0 Å². The van der Waals surface area contributed by atoms with Crippen LogP contribution in [-0.2, 0) is 5.66 Å². The number of phenols is 1. The number of para-hydroxylation sites is 1. The van der Waals surface area contributed by atoms with Gasteiger partial charge in [-0.1, -0.05) is 39.6 Å². The van der Waals surface area contributed by atoms with E-state index < -0.39 is 17.3 Å². The van der Waals surface area contributed by atoms with Crippen molar-refractivity contribution in [1.29, 1.82) is 0 Å². The fourth-order valence-electron chi connectivity index (χ4n) is 3.69. The summed E-state index contributed by atoms with van der Waals surface area (Å²) in [5.74, 6) is -0.177. The molecule has 1 unspecified atom stereocenters. The van der Waals surface area contributed by atoms with Gasteiger partial charge in [0.15, 0.2) is 11.6 Å². The molecule has 0 bridgehead atoms. The maximum Gasteiger partial charge on any atom is 0.300 e. The highest BCUT2D eigenvalue weighted by Gasteiger charge is 2.32. The van der Waals surface area contributed by atoms with E-state index in [1.165, 1.54) is 33.6 Å². The van der Waals surface area contributed by atoms with E-state index in [-0.39, 0.29) is 17.4 Å². The molecule has 3 aromatic heterocycles. The number of nitrogens with one attached hydrogen (secondary N) is 1. The number of alkyl halides is 2. The molecule has 8 nitrogen and oxygen atoms in total. The van der Waals surface area contributed by atoms with Crippen LogP contribution in [0.3, 0.4) is 0 Å². The predicted octanol–water partition coefficient (Wildman–Crippen LogP) is 5.27. The molecule has 0 spiro atoms. The quantitative estimate of drug-likeness (QED) is 0.298. The van der Waals surface area contributed by atoms with Gasteiger partial charge in [0.1, 0.15) is 11.4 Å². The molecule has 0 saturated heterocycles. The van der Waals surface area contributed by atoms with E-state index in [0.29, 0.717) is 27.9 Å². The minimum atomic E-state index is -3.28. The van der Waals surface area contributed by atoms with Crippen molar-refractivity contribution in [3.05, 3.63) is 103 Å². The molecule has 184 valence electrons. The van der Waals surface area contributed by atoms with Crippen LogP contribution in [0.25, 0.3) is 28.2 Å². The van der Waals surface area contributed by atoms with Crippen molar-refractivity contribution in [1.82, 2.24) is 25.0 Å². The molecule has 0 aliphatic heterocycles. The van der Waals surface area contributed by atoms with Gasteiger partial charge in [0.25, 0.3) is 11.6 Å². The number of halogens is 2. The van der Waals surface area contributed by atoms with Crippen LogP contribution in [0, 0.1) is 0 Å². The second-order valence-corrected chi connectivity index (χ2v) is 8.75. The number of aromatic nitrogens is 5. The molecule has 5 aromatic rings. The number of pyridine rings is 1. The summed E-state index contributed by atoms with van der Waals surface area (Å²) < 4.78 is 29.6. The number of hydrogen-bond donors (Lipinski definition) is 2. The summed E-state index contributed by atoms with van der Waals surface area (Å²) in [6.07, 6.45) is 3.10. The summed E-state index contributed by atoms with van der Waals surface area (Å²) in [7, 11) is 1.49. The minimum absolute atomic E-state index is 0.0480. The first-order valence-corrected chi connectivity index (χ1v) is 11.6. The fraction of sp³-hybridized carbons (Fsp3) is 0.0385. The van der Waals surface area contributed by atoms with E-state index in [1.807, 2.05) is 0 Å². The lowest BCUT2D eigenvalue weighted by atomic mass is 10.0. The largest absolute Gasteiger partial charge is 0.507 e. The van der Waals surface area contributed by atoms with E-state index in [1.54, 1.807) is 66.9 Å². The van der Waals surface area contributed by atoms with Crippen molar-refractivity contribution >= 4 is 21.0 Å². The van der Waals surface area contributed by atoms with Crippen LogP contribution in [0.15, 0.2) is 91.3 Å². The Kier molecular flexibility index (Phi) is 6.42. The van der Waals surface area contributed by atoms with Gasteiger partial charge in [-0.15, -0.1) is 10.2 Å². The number of aromatic hydroxyl groups is 1. The minimum Gasteiger partial charge on any atom is -0.507 e. The van der Waals surface area contributed by atoms with Crippen LogP contribution in [0.5, 0.6) is 5.75 Å². The Morgan fingerprint density at radius 1 is 0.946 bits per heavy atom. The Hall–Kier alpha value is -4.56. The van der Waals surface area contributed by atoms with Crippen LogP contribution >= 0.6 is 9.24 Å². The summed E-state index contributed by atoms with van der Waals surface area (Å²) in [6, 6.07) is 21.1. The normalized spacial score (nSPS) is 11.3. The third kappa shape index (κ3) is 5.19. The second-order valence-electron chi connectivity index (χ2n) is 8.02. The van der Waals surface area contributed by atoms with Crippen molar-refractivity contribution in [2.45, 2.75) is 5.66 Å². The number of carbonyl (C=O) groups is 1. The van der Waals surface area contributed by atoms with Crippen LogP contribution in [-0.4, -0.2) is 36.0 Å². The van der Waals surface area contributed by atoms with Gasteiger partial charge in [-0.3, -0.25) is 9.78 Å². The highest BCUT2D eigenvalue weighted by molar-refractivity contribution is 7.17. The number of benzene rings is 2. The summed E-state index contributed by atoms with van der Waals surface area (Å²) in [5, 5.41) is 25.0. The highest BCUT2D eigenvalue weighted by atomic mass is 31.0. The summed E-state index contributed by atoms with van der Waals surface area (Å²) >= 11 is 0. The molecule has 2 aromatic carbocycles. The highest BCUT2D eigenvalue weighted by Crippen LogP contribution is 2.37. The topological polar surface area (TPSA) is 106 Å². The molecule has 0 aliphatic rings. The second kappa shape index (κ2) is 9.83. The average molecular weight is 516 g/mol. The molecule has 5 rings (SSSR count). The molecular weight excluding hydrogens is 497 g/mol. The lowest BCUT2D eigenvalue weighted by Crippen LogP contribution is -2.15. The Morgan fingerprint density at radius 3 is 2.46 bits per heavy atom. The van der Waals surface area contributed by atoms with Gasteiger partial charge < -0.3 is 10.4 Å². The molecule has 0 saturated carbocycles. The maximum absolute atomic E-state index is 14.3. The fourth-order valence-corrected chi connectivity index (χ4v) is 3.89. The van der Waals surface area contributed by atoms with Gasteiger partial charge >= 0.3 is 0 Å². The van der Waals surface area contributed by atoms with Gasteiger partial charge in [0, 0.05) is 29.1 Å². The molecule has 37 heavy (non-hydrogen) atoms. The van der Waals surface area contributed by atoms with Gasteiger partial charge in [0.2, 0.25) is 0 Å². The van der Waals surface area contributed by atoms with Crippen molar-refractivity contribution in [2.75, 3.05) is 5.32 Å². The van der Waals surface area contributed by atoms with Crippen LogP contribution in [0.2, 0.25) is 0 Å². The number of anilines is 1. The van der Waals surface area contributed by atoms with Crippen LogP contribution in [0.4, 0.5) is 14.6 Å². The molecule has 1 atom stereocenters. The molecular formula is C26H19F2N6O2P. The third-order valence-corrected chi connectivity index (χ3v) is 5.75. The molecule has 3 heterocycles. The molecule has 1 amide bonds. The zero-order valence-electron chi connectivity index (χ0n) is 19.1. The van der Waals surface area contributed by atoms with E-state index in [0.717, 1.165) is 4.68 Å². The van der Waals surface area contributed by atoms with Crippen LogP contribution < -0.4 is 5.32 Å². The smallest absolute Gasteiger partial charge is 0.300 e. The Morgan fingerprint density at radius 2 is 1.76 bits per heavy atom.